The van der Waals surface area contributed by atoms with Gasteiger partial charge in [-0.05, 0) is 5.92 Å². The smallest absolute Gasteiger partial charge is 0 e. The van der Waals surface area contributed by atoms with Crippen molar-refractivity contribution in [1.29, 1.82) is 0 Å². The Labute approximate surface area is 77.3 Å². The third-order valence-electron chi connectivity index (χ3n) is 1.91. The van der Waals surface area contributed by atoms with Crippen molar-refractivity contribution in [3.8, 4) is 0 Å². The summed E-state index contributed by atoms with van der Waals surface area (Å²) in [7, 11) is 0. The topological polar surface area (TPSA) is 0 Å². The molecule has 1 rings (SSSR count). The Hall–Kier alpha value is 1.10. The van der Waals surface area contributed by atoms with E-state index >= 15 is 0 Å². The third-order valence-corrected chi connectivity index (χ3v) is 1.91. The molecule has 1 fully saturated rings. The number of rotatable bonds is 1. The Kier molecular flexibility index (Phi) is 4.56. The molecule has 1 heteroatoms. The second-order valence-corrected chi connectivity index (χ2v) is 2.61. The van der Waals surface area contributed by atoms with Gasteiger partial charge in [-0.2, -0.15) is 5.92 Å². The van der Waals surface area contributed by atoms with E-state index in [0.717, 1.165) is 11.8 Å². The van der Waals surface area contributed by atoms with Crippen LogP contribution >= 0.6 is 0 Å². The second-order valence-electron chi connectivity index (χ2n) is 2.61. The van der Waals surface area contributed by atoms with Gasteiger partial charge in [0.2, 0.25) is 0 Å². The molecular formula is C7H13Y-. The van der Waals surface area contributed by atoms with E-state index in [0.29, 0.717) is 0 Å². The zero-order chi connectivity index (χ0) is 5.28. The van der Waals surface area contributed by atoms with Gasteiger partial charge in [-0.15, -0.1) is 0 Å². The standard InChI is InChI=1S/C7H13.Y/c1-3-7-4-6(2)5-7;/h6-7H,2-5H2,1H3;/q-1;. The minimum absolute atomic E-state index is 0. The molecule has 1 saturated carbocycles. The fourth-order valence-electron chi connectivity index (χ4n) is 1.21. The van der Waals surface area contributed by atoms with Crippen LogP contribution in [0.1, 0.15) is 26.2 Å². The van der Waals surface area contributed by atoms with Crippen LogP contribution in [-0.4, -0.2) is 0 Å². The first-order chi connectivity index (χ1) is 3.33. The van der Waals surface area contributed by atoms with Gasteiger partial charge in [-0.25, -0.2) is 0 Å². The number of hydrogen-bond donors (Lipinski definition) is 0. The van der Waals surface area contributed by atoms with Crippen molar-refractivity contribution in [1.82, 2.24) is 0 Å². The summed E-state index contributed by atoms with van der Waals surface area (Å²) in [5.74, 6) is 1.83. The Morgan fingerprint density at radius 2 is 2.00 bits per heavy atom. The van der Waals surface area contributed by atoms with Crippen molar-refractivity contribution in [2.24, 2.45) is 11.8 Å². The van der Waals surface area contributed by atoms with Crippen LogP contribution in [-0.2, 0) is 32.7 Å². The van der Waals surface area contributed by atoms with E-state index in [1.165, 1.54) is 19.3 Å². The monoisotopic (exact) mass is 186 g/mol. The summed E-state index contributed by atoms with van der Waals surface area (Å²) in [6, 6.07) is 0. The van der Waals surface area contributed by atoms with Crippen LogP contribution in [0.5, 0.6) is 0 Å². The van der Waals surface area contributed by atoms with Crippen LogP contribution < -0.4 is 0 Å². The zero-order valence-electron chi connectivity index (χ0n) is 5.56. The van der Waals surface area contributed by atoms with Crippen molar-refractivity contribution < 1.29 is 32.7 Å². The van der Waals surface area contributed by atoms with Crippen molar-refractivity contribution >= 4 is 0 Å². The molecule has 0 aromatic heterocycles. The van der Waals surface area contributed by atoms with Crippen LogP contribution in [0.3, 0.4) is 0 Å². The average molecular weight is 186 g/mol. The minimum atomic E-state index is 0. The second kappa shape index (κ2) is 4.01. The van der Waals surface area contributed by atoms with Crippen LogP contribution in [0.25, 0.3) is 0 Å². The van der Waals surface area contributed by atoms with Crippen molar-refractivity contribution in [3.63, 3.8) is 0 Å². The first kappa shape index (κ1) is 9.10. The maximum absolute atomic E-state index is 3.94. The van der Waals surface area contributed by atoms with Crippen LogP contribution in [0.15, 0.2) is 0 Å². The fourth-order valence-corrected chi connectivity index (χ4v) is 1.21. The molecule has 0 bridgehead atoms. The van der Waals surface area contributed by atoms with Gasteiger partial charge in [0.1, 0.15) is 0 Å². The van der Waals surface area contributed by atoms with Crippen LogP contribution in [0.2, 0.25) is 0 Å². The van der Waals surface area contributed by atoms with Gasteiger partial charge in [-0.3, -0.25) is 0 Å². The van der Waals surface area contributed by atoms with Gasteiger partial charge in [0, 0.05) is 32.7 Å². The molecule has 0 nitrogen and oxygen atoms in total. The van der Waals surface area contributed by atoms with Crippen molar-refractivity contribution in [2.75, 3.05) is 0 Å². The van der Waals surface area contributed by atoms with Gasteiger partial charge in [0.05, 0.1) is 0 Å². The van der Waals surface area contributed by atoms with Crippen molar-refractivity contribution in [2.45, 2.75) is 26.2 Å². The van der Waals surface area contributed by atoms with Gasteiger partial charge in [-0.1, -0.05) is 26.2 Å². The van der Waals surface area contributed by atoms with Gasteiger partial charge < -0.3 is 6.92 Å². The van der Waals surface area contributed by atoms with E-state index in [9.17, 15) is 0 Å². The average Bonchev–Trinajstić information content (AvgIpc) is 1.58. The first-order valence-electron chi connectivity index (χ1n) is 3.16. The molecule has 0 spiro atoms. The molecule has 0 aromatic rings. The normalized spacial score (nSPS) is 35.2. The maximum atomic E-state index is 3.94. The molecule has 0 atom stereocenters. The molecule has 0 aliphatic heterocycles. The predicted octanol–water partition coefficient (Wildman–Crippen LogP) is 2.25. The molecular weight excluding hydrogens is 173 g/mol. The van der Waals surface area contributed by atoms with E-state index in [-0.39, 0.29) is 32.7 Å². The predicted molar refractivity (Wildman–Crippen MR) is 31.9 cm³/mol. The van der Waals surface area contributed by atoms with E-state index < -0.39 is 0 Å². The largest absolute Gasteiger partial charge is 0.340 e. The fraction of sp³-hybridized carbons (Fsp3) is 0.857. The van der Waals surface area contributed by atoms with Crippen molar-refractivity contribution in [3.05, 3.63) is 6.92 Å². The molecule has 0 saturated heterocycles. The van der Waals surface area contributed by atoms with E-state index in [4.69, 9.17) is 0 Å². The Balaban J connectivity index is 0.000000490. The summed E-state index contributed by atoms with van der Waals surface area (Å²) >= 11 is 0. The van der Waals surface area contributed by atoms with Crippen LogP contribution in [0, 0.1) is 18.8 Å². The van der Waals surface area contributed by atoms with E-state index in [1.807, 2.05) is 0 Å². The minimum Gasteiger partial charge on any atom is -0.340 e. The summed E-state index contributed by atoms with van der Waals surface area (Å²) in [5.41, 5.74) is 0. The molecule has 8 heavy (non-hydrogen) atoms. The van der Waals surface area contributed by atoms with Gasteiger partial charge >= 0.3 is 0 Å². The number of hydrogen-bond acceptors (Lipinski definition) is 0. The molecule has 1 aliphatic rings. The van der Waals surface area contributed by atoms with Gasteiger partial charge in [0.15, 0.2) is 0 Å². The Morgan fingerprint density at radius 3 is 2.12 bits per heavy atom. The summed E-state index contributed by atoms with van der Waals surface area (Å²) < 4.78 is 0. The molecule has 45 valence electrons. The molecule has 0 amide bonds. The molecule has 0 heterocycles. The SMILES string of the molecule is [CH2-]C1CC(CC)C1.[Y]. The Bertz CT molecular complexity index is 55.4. The summed E-state index contributed by atoms with van der Waals surface area (Å²) in [5, 5.41) is 0. The van der Waals surface area contributed by atoms with Crippen LogP contribution in [0.4, 0.5) is 0 Å². The maximum Gasteiger partial charge on any atom is 0 e. The van der Waals surface area contributed by atoms with E-state index in [2.05, 4.69) is 13.8 Å². The molecule has 1 radical (unpaired) electrons. The molecule has 0 unspecified atom stereocenters. The first-order valence-corrected chi connectivity index (χ1v) is 3.16. The van der Waals surface area contributed by atoms with Gasteiger partial charge in [0.25, 0.3) is 0 Å². The Morgan fingerprint density at radius 1 is 1.50 bits per heavy atom. The third kappa shape index (κ3) is 2.15. The summed E-state index contributed by atoms with van der Waals surface area (Å²) in [6.07, 6.45) is 4.14. The molecule has 0 aromatic carbocycles. The molecule has 1 aliphatic carbocycles. The summed E-state index contributed by atoms with van der Waals surface area (Å²) in [4.78, 5) is 0. The quantitative estimate of drug-likeness (QED) is 0.551. The zero-order valence-corrected chi connectivity index (χ0v) is 8.40. The molecule has 0 N–H and O–H groups in total. The summed E-state index contributed by atoms with van der Waals surface area (Å²) in [6.45, 7) is 6.20. The van der Waals surface area contributed by atoms with E-state index in [1.54, 1.807) is 0 Å².